The van der Waals surface area contributed by atoms with Gasteiger partial charge in [0.1, 0.15) is 11.3 Å². The van der Waals surface area contributed by atoms with Gasteiger partial charge in [-0.25, -0.2) is 4.79 Å². The van der Waals surface area contributed by atoms with E-state index in [4.69, 9.17) is 14.3 Å². The van der Waals surface area contributed by atoms with Gasteiger partial charge in [-0.05, 0) is 6.42 Å². The zero-order chi connectivity index (χ0) is 18.0. The van der Waals surface area contributed by atoms with Crippen LogP contribution in [0.5, 0.6) is 0 Å². The summed E-state index contributed by atoms with van der Waals surface area (Å²) in [5.41, 5.74) is 1.02. The number of carbonyl (C=O) groups excluding carboxylic acids is 1. The van der Waals surface area contributed by atoms with Crippen LogP contribution < -0.4 is 5.32 Å². The van der Waals surface area contributed by atoms with Gasteiger partial charge in [-0.1, -0.05) is 6.92 Å². The van der Waals surface area contributed by atoms with Gasteiger partial charge in [0.25, 0.3) is 5.91 Å². The molecule has 2 aromatic heterocycles. The van der Waals surface area contributed by atoms with Gasteiger partial charge < -0.3 is 19.6 Å². The Balaban J connectivity index is 1.65. The minimum Gasteiger partial charge on any atom is -0.478 e. The summed E-state index contributed by atoms with van der Waals surface area (Å²) in [6, 6.07) is 1.28. The van der Waals surface area contributed by atoms with Crippen LogP contribution in [0.25, 0.3) is 0 Å². The third kappa shape index (κ3) is 3.58. The summed E-state index contributed by atoms with van der Waals surface area (Å²) in [4.78, 5) is 23.5. The molecule has 0 radical (unpaired) electrons. The lowest BCUT2D eigenvalue weighted by atomic mass is 9.97. The summed E-state index contributed by atoms with van der Waals surface area (Å²) in [7, 11) is 1.84. The molecular formula is C17H21N3O5. The maximum absolute atomic E-state index is 12.3. The number of carbonyl (C=O) groups is 2. The van der Waals surface area contributed by atoms with Crippen LogP contribution >= 0.6 is 0 Å². The topological polar surface area (TPSA) is 107 Å². The fourth-order valence-electron chi connectivity index (χ4n) is 3.09. The maximum Gasteiger partial charge on any atom is 0.339 e. The predicted molar refractivity (Wildman–Crippen MR) is 87.4 cm³/mol. The number of hydrogen-bond donors (Lipinski definition) is 2. The molecule has 1 saturated heterocycles. The van der Waals surface area contributed by atoms with Crippen molar-refractivity contribution < 1.29 is 23.8 Å². The van der Waals surface area contributed by atoms with Crippen molar-refractivity contribution in [1.82, 2.24) is 15.1 Å². The van der Waals surface area contributed by atoms with E-state index in [9.17, 15) is 9.59 Å². The molecule has 8 nitrogen and oxygen atoms in total. The first-order valence-corrected chi connectivity index (χ1v) is 8.24. The van der Waals surface area contributed by atoms with E-state index in [0.717, 1.165) is 12.0 Å². The van der Waals surface area contributed by atoms with Gasteiger partial charge in [0.2, 0.25) is 0 Å². The Hall–Kier alpha value is -2.61. The van der Waals surface area contributed by atoms with Gasteiger partial charge in [0.15, 0.2) is 5.76 Å². The van der Waals surface area contributed by atoms with Gasteiger partial charge >= 0.3 is 5.97 Å². The first-order valence-electron chi connectivity index (χ1n) is 8.24. The van der Waals surface area contributed by atoms with Crippen LogP contribution in [0.1, 0.15) is 51.7 Å². The van der Waals surface area contributed by atoms with Crippen molar-refractivity contribution in [3.05, 3.63) is 41.1 Å². The Morgan fingerprint density at radius 3 is 2.88 bits per heavy atom. The van der Waals surface area contributed by atoms with Crippen molar-refractivity contribution in [3.63, 3.8) is 0 Å². The number of carboxylic acids is 1. The Labute approximate surface area is 144 Å². The minimum atomic E-state index is -1.10. The predicted octanol–water partition coefficient (Wildman–Crippen LogP) is 1.78. The monoisotopic (exact) mass is 347 g/mol. The van der Waals surface area contributed by atoms with Crippen molar-refractivity contribution in [2.45, 2.75) is 25.9 Å². The fraction of sp³-hybridized carbons (Fsp3) is 0.471. The number of carboxylic acid groups (broad SMARTS) is 1. The number of rotatable bonds is 6. The van der Waals surface area contributed by atoms with Gasteiger partial charge in [-0.15, -0.1) is 0 Å². The first kappa shape index (κ1) is 17.2. The highest BCUT2D eigenvalue weighted by atomic mass is 16.5. The lowest BCUT2D eigenvalue weighted by molar-refractivity contribution is 0.0693. The Morgan fingerprint density at radius 1 is 1.48 bits per heavy atom. The number of aryl methyl sites for hydroxylation is 2. The zero-order valence-corrected chi connectivity index (χ0v) is 14.2. The van der Waals surface area contributed by atoms with Crippen LogP contribution in [0, 0.1) is 5.92 Å². The Kier molecular flexibility index (Phi) is 4.89. The highest BCUT2D eigenvalue weighted by Crippen LogP contribution is 2.33. The standard InChI is InChI=1S/C17H21N3O5/c1-3-13-12(17(22)23)6-14(25-13)16(21)18-7-10-4-5-24-15(10)11-8-19-20(2)9-11/h6,8-10,15H,3-5,7H2,1-2H3,(H,18,21)(H,22,23)/t10-,15+/m0/s1. The highest BCUT2D eigenvalue weighted by molar-refractivity contribution is 5.96. The van der Waals surface area contributed by atoms with E-state index in [-0.39, 0.29) is 23.3 Å². The van der Waals surface area contributed by atoms with Crippen molar-refractivity contribution in [2.24, 2.45) is 13.0 Å². The molecule has 1 aliphatic rings. The van der Waals surface area contributed by atoms with E-state index in [1.165, 1.54) is 6.07 Å². The van der Waals surface area contributed by atoms with Crippen LogP contribution in [-0.2, 0) is 18.2 Å². The number of aromatic carboxylic acids is 1. The molecule has 3 rings (SSSR count). The number of aromatic nitrogens is 2. The second-order valence-electron chi connectivity index (χ2n) is 6.10. The number of nitrogens with one attached hydrogen (secondary N) is 1. The van der Waals surface area contributed by atoms with Crippen LogP contribution in [0.15, 0.2) is 22.9 Å². The van der Waals surface area contributed by atoms with Crippen LogP contribution in [0.2, 0.25) is 0 Å². The van der Waals surface area contributed by atoms with Crippen molar-refractivity contribution in [3.8, 4) is 0 Å². The maximum atomic E-state index is 12.3. The second-order valence-corrected chi connectivity index (χ2v) is 6.10. The van der Waals surface area contributed by atoms with Crippen LogP contribution in [-0.4, -0.2) is 39.9 Å². The van der Waals surface area contributed by atoms with Crippen molar-refractivity contribution in [1.29, 1.82) is 0 Å². The van der Waals surface area contributed by atoms with E-state index in [0.29, 0.717) is 25.3 Å². The van der Waals surface area contributed by atoms with E-state index in [1.54, 1.807) is 17.8 Å². The molecule has 2 atom stereocenters. The third-order valence-corrected chi connectivity index (χ3v) is 4.38. The molecule has 134 valence electrons. The fourth-order valence-corrected chi connectivity index (χ4v) is 3.09. The van der Waals surface area contributed by atoms with Gasteiger partial charge in [-0.3, -0.25) is 9.48 Å². The molecule has 8 heteroatoms. The summed E-state index contributed by atoms with van der Waals surface area (Å²) in [6.07, 6.45) is 4.81. The molecule has 0 aromatic carbocycles. The Bertz CT molecular complexity index is 779. The highest BCUT2D eigenvalue weighted by Gasteiger charge is 2.31. The number of ether oxygens (including phenoxy) is 1. The second kappa shape index (κ2) is 7.10. The first-order chi connectivity index (χ1) is 12.0. The number of furan rings is 1. The third-order valence-electron chi connectivity index (χ3n) is 4.38. The quantitative estimate of drug-likeness (QED) is 0.825. The molecule has 2 aromatic rings. The molecule has 1 aliphatic heterocycles. The average molecular weight is 347 g/mol. The molecule has 1 amide bonds. The number of hydrogen-bond acceptors (Lipinski definition) is 5. The van der Waals surface area contributed by atoms with Gasteiger partial charge in [0.05, 0.1) is 12.3 Å². The lowest BCUT2D eigenvalue weighted by Crippen LogP contribution is -2.30. The zero-order valence-electron chi connectivity index (χ0n) is 14.2. The SMILES string of the molecule is CCc1oc(C(=O)NC[C@@H]2CCO[C@H]2c2cnn(C)c2)cc1C(=O)O. The molecular weight excluding hydrogens is 326 g/mol. The van der Waals surface area contributed by atoms with Crippen LogP contribution in [0.3, 0.4) is 0 Å². The molecule has 0 aliphatic carbocycles. The molecule has 0 unspecified atom stereocenters. The molecule has 2 N–H and O–H groups in total. The molecule has 25 heavy (non-hydrogen) atoms. The average Bonchev–Trinajstić information content (AvgIpc) is 3.30. The van der Waals surface area contributed by atoms with Crippen molar-refractivity contribution >= 4 is 11.9 Å². The van der Waals surface area contributed by atoms with Gasteiger partial charge in [-0.2, -0.15) is 5.10 Å². The van der Waals surface area contributed by atoms with E-state index in [1.807, 2.05) is 13.2 Å². The molecule has 3 heterocycles. The van der Waals surface area contributed by atoms with Gasteiger partial charge in [0, 0.05) is 50.4 Å². The molecule has 1 fully saturated rings. The molecule has 0 spiro atoms. The summed E-state index contributed by atoms with van der Waals surface area (Å²) in [5, 5.41) is 16.1. The summed E-state index contributed by atoms with van der Waals surface area (Å²) in [6.45, 7) is 2.83. The smallest absolute Gasteiger partial charge is 0.339 e. The summed E-state index contributed by atoms with van der Waals surface area (Å²) < 4.78 is 12.9. The Morgan fingerprint density at radius 2 is 2.28 bits per heavy atom. The normalized spacial score (nSPS) is 19.9. The van der Waals surface area contributed by atoms with E-state index in [2.05, 4.69) is 10.4 Å². The molecule has 0 bridgehead atoms. The largest absolute Gasteiger partial charge is 0.478 e. The summed E-state index contributed by atoms with van der Waals surface area (Å²) in [5.74, 6) is -1.06. The number of amides is 1. The van der Waals surface area contributed by atoms with E-state index >= 15 is 0 Å². The minimum absolute atomic E-state index is 0.0195. The van der Waals surface area contributed by atoms with Crippen molar-refractivity contribution in [2.75, 3.05) is 13.2 Å². The molecule has 0 saturated carbocycles. The van der Waals surface area contributed by atoms with Crippen LogP contribution in [0.4, 0.5) is 0 Å². The van der Waals surface area contributed by atoms with E-state index < -0.39 is 11.9 Å². The summed E-state index contributed by atoms with van der Waals surface area (Å²) >= 11 is 0. The number of nitrogens with zero attached hydrogens (tertiary/aromatic N) is 2. The lowest BCUT2D eigenvalue weighted by Gasteiger charge is -2.17.